The van der Waals surface area contributed by atoms with Crippen LogP contribution < -0.4 is 5.32 Å². The molecule has 0 saturated carbocycles. The van der Waals surface area contributed by atoms with Crippen LogP contribution in [0.25, 0.3) is 0 Å². The monoisotopic (exact) mass is 611 g/mol. The lowest BCUT2D eigenvalue weighted by atomic mass is 9.70. The molecule has 2 N–H and O–H groups in total. The van der Waals surface area contributed by atoms with Crippen molar-refractivity contribution in [1.29, 1.82) is 0 Å². The molecule has 39 heavy (non-hydrogen) atoms. The van der Waals surface area contributed by atoms with Crippen LogP contribution in [0.4, 0.5) is 0 Å². The number of allylic oxidation sites excluding steroid dienone is 1. The first-order chi connectivity index (χ1) is 18.6. The van der Waals surface area contributed by atoms with Gasteiger partial charge in [0.1, 0.15) is 17.7 Å². The largest absolute Gasteiger partial charge is 0.460 e. The van der Waals surface area contributed by atoms with Gasteiger partial charge >= 0.3 is 5.97 Å². The summed E-state index contributed by atoms with van der Waals surface area (Å²) in [6.45, 7) is 13.1. The molecule has 10 nitrogen and oxygen atoms in total. The topological polar surface area (TPSA) is 125 Å². The number of carbonyl (C=O) groups is 4. The smallest absolute Gasteiger partial charge is 0.312 e. The Kier molecular flexibility index (Phi) is 10.8. The molecule has 2 unspecified atom stereocenters. The highest BCUT2D eigenvalue weighted by Crippen LogP contribution is 2.60. The van der Waals surface area contributed by atoms with Crippen LogP contribution in [0.3, 0.4) is 0 Å². The van der Waals surface area contributed by atoms with Gasteiger partial charge in [0.15, 0.2) is 0 Å². The summed E-state index contributed by atoms with van der Waals surface area (Å²) >= 11 is 3.63. The lowest BCUT2D eigenvalue weighted by molar-refractivity contribution is -0.159. The molecule has 3 fully saturated rings. The number of likely N-dealkylation sites (tertiary alicyclic amines) is 1. The van der Waals surface area contributed by atoms with Crippen molar-refractivity contribution in [2.24, 2.45) is 11.8 Å². The second kappa shape index (κ2) is 13.4. The standard InChI is InChI=1S/C28H42BrN3O7/c1-6-9-11-20(34)30-16-18(5)38-27(37)21-22-25(35)32(13-14-33)24(28(22)15-19(29)23(21)39-28)26(36)31(12-8-3)17(4)10-7-2/h6,8,17-19,21-24,33H,1,3,7,9-16H2,2,4-5H3,(H,30,34)/t17?,18-,19?,21-,22+,23-,24-,28+/m0/s1. The van der Waals surface area contributed by atoms with Crippen molar-refractivity contribution in [2.45, 2.75) is 87.6 Å². The Hall–Kier alpha value is -2.24. The molecule has 3 heterocycles. The molecule has 3 rings (SSSR count). The summed E-state index contributed by atoms with van der Waals surface area (Å²) in [5, 5.41) is 12.5. The molecule has 3 aliphatic heterocycles. The van der Waals surface area contributed by atoms with E-state index in [4.69, 9.17) is 9.47 Å². The SMILES string of the molecule is C=CCCC(=O)NC[C@H](C)OC(=O)[C@@H]1[C@H]2O[C@@]3(CC2Br)[C@H](C(=O)N(CC=C)C(C)CCC)N(CCO)C(=O)[C@@H]13. The Morgan fingerprint density at radius 2 is 2.05 bits per heavy atom. The van der Waals surface area contributed by atoms with E-state index < -0.39 is 47.6 Å². The van der Waals surface area contributed by atoms with Gasteiger partial charge in [-0.2, -0.15) is 0 Å². The van der Waals surface area contributed by atoms with Gasteiger partial charge in [0.2, 0.25) is 17.7 Å². The number of halogens is 1. The Morgan fingerprint density at radius 3 is 2.67 bits per heavy atom. The van der Waals surface area contributed by atoms with Gasteiger partial charge in [-0.1, -0.05) is 41.4 Å². The number of aliphatic hydroxyl groups is 1. The third kappa shape index (κ3) is 6.10. The number of amides is 3. The van der Waals surface area contributed by atoms with Crippen molar-refractivity contribution >= 4 is 39.6 Å². The third-order valence-electron chi connectivity index (χ3n) is 7.96. The van der Waals surface area contributed by atoms with Crippen LogP contribution in [0.15, 0.2) is 25.3 Å². The van der Waals surface area contributed by atoms with Crippen molar-refractivity contribution < 1.29 is 33.8 Å². The van der Waals surface area contributed by atoms with Crippen molar-refractivity contribution in [3.8, 4) is 0 Å². The molecule has 8 atom stereocenters. The van der Waals surface area contributed by atoms with Crippen LogP contribution in [0, 0.1) is 11.8 Å². The number of esters is 1. The summed E-state index contributed by atoms with van der Waals surface area (Å²) in [4.78, 5) is 56.2. The molecule has 2 bridgehead atoms. The summed E-state index contributed by atoms with van der Waals surface area (Å²) in [6, 6.07) is -1.07. The first-order valence-electron chi connectivity index (χ1n) is 13.8. The fourth-order valence-electron chi connectivity index (χ4n) is 6.28. The van der Waals surface area contributed by atoms with Crippen LogP contribution in [-0.4, -0.2) is 99.6 Å². The number of aliphatic hydroxyl groups excluding tert-OH is 1. The maximum atomic E-state index is 14.1. The molecule has 0 aliphatic carbocycles. The number of nitrogens with one attached hydrogen (secondary N) is 1. The minimum atomic E-state index is -1.22. The minimum absolute atomic E-state index is 0.0481. The van der Waals surface area contributed by atoms with Gasteiger partial charge in [-0.25, -0.2) is 0 Å². The first-order valence-corrected chi connectivity index (χ1v) is 14.7. The molecule has 3 aliphatic rings. The van der Waals surface area contributed by atoms with Gasteiger partial charge in [-0.05, 0) is 33.1 Å². The van der Waals surface area contributed by atoms with E-state index in [1.807, 2.05) is 13.8 Å². The molecule has 11 heteroatoms. The number of ether oxygens (including phenoxy) is 2. The quantitative estimate of drug-likeness (QED) is 0.165. The van der Waals surface area contributed by atoms with E-state index in [0.29, 0.717) is 25.8 Å². The number of fused-ring (bicyclic) bond motifs is 1. The molecule has 1 spiro atoms. The third-order valence-corrected chi connectivity index (χ3v) is 8.81. The van der Waals surface area contributed by atoms with Gasteiger partial charge in [-0.3, -0.25) is 19.2 Å². The molecule has 0 radical (unpaired) electrons. The summed E-state index contributed by atoms with van der Waals surface area (Å²) in [5.41, 5.74) is -1.22. The molecule has 0 aromatic rings. The maximum Gasteiger partial charge on any atom is 0.312 e. The van der Waals surface area contributed by atoms with Gasteiger partial charge in [-0.15, -0.1) is 13.2 Å². The number of alkyl halides is 1. The zero-order valence-electron chi connectivity index (χ0n) is 23.1. The number of nitrogens with zero attached hydrogens (tertiary/aromatic N) is 2. The number of β-amino-alcohol motifs (C(OH)–C–C–N with tert-alkyl or cyclic N) is 1. The predicted molar refractivity (Wildman–Crippen MR) is 149 cm³/mol. The number of hydrogen-bond donors (Lipinski definition) is 2. The highest BCUT2D eigenvalue weighted by atomic mass is 79.9. The Morgan fingerprint density at radius 1 is 1.33 bits per heavy atom. The summed E-state index contributed by atoms with van der Waals surface area (Å²) < 4.78 is 12.1. The van der Waals surface area contributed by atoms with Crippen LogP contribution in [0.5, 0.6) is 0 Å². The highest BCUT2D eigenvalue weighted by Gasteiger charge is 2.77. The van der Waals surface area contributed by atoms with Gasteiger partial charge < -0.3 is 29.7 Å². The average molecular weight is 613 g/mol. The summed E-state index contributed by atoms with van der Waals surface area (Å²) in [7, 11) is 0. The zero-order chi connectivity index (χ0) is 28.9. The van der Waals surface area contributed by atoms with E-state index in [1.54, 1.807) is 24.0 Å². The maximum absolute atomic E-state index is 14.1. The lowest BCUT2D eigenvalue weighted by Gasteiger charge is -2.39. The van der Waals surface area contributed by atoms with E-state index in [1.165, 1.54) is 4.90 Å². The molecule has 0 aromatic carbocycles. The first kappa shape index (κ1) is 31.3. The van der Waals surface area contributed by atoms with Crippen molar-refractivity contribution in [1.82, 2.24) is 15.1 Å². The Labute approximate surface area is 239 Å². The normalized spacial score (nSPS) is 30.4. The Balaban J connectivity index is 1.86. The van der Waals surface area contributed by atoms with Gasteiger partial charge in [0.05, 0.1) is 31.1 Å². The Bertz CT molecular complexity index is 961. The highest BCUT2D eigenvalue weighted by molar-refractivity contribution is 9.09. The van der Waals surface area contributed by atoms with E-state index in [2.05, 4.69) is 34.4 Å². The molecule has 3 amide bonds. The van der Waals surface area contributed by atoms with Crippen molar-refractivity contribution in [2.75, 3.05) is 26.2 Å². The summed E-state index contributed by atoms with van der Waals surface area (Å²) in [6.07, 6.45) is 4.90. The molecule has 218 valence electrons. The zero-order valence-corrected chi connectivity index (χ0v) is 24.7. The van der Waals surface area contributed by atoms with E-state index in [9.17, 15) is 24.3 Å². The predicted octanol–water partition coefficient (Wildman–Crippen LogP) is 1.94. The average Bonchev–Trinajstić information content (AvgIpc) is 3.48. The second-order valence-corrected chi connectivity index (χ2v) is 11.9. The number of carbonyl (C=O) groups excluding carboxylic acids is 4. The summed E-state index contributed by atoms with van der Waals surface area (Å²) in [5.74, 6) is -3.27. The van der Waals surface area contributed by atoms with Crippen LogP contribution in [-0.2, 0) is 28.7 Å². The molecule has 0 aromatic heterocycles. The minimum Gasteiger partial charge on any atom is -0.460 e. The number of hydrogen-bond acceptors (Lipinski definition) is 7. The molecular weight excluding hydrogens is 570 g/mol. The van der Waals surface area contributed by atoms with Crippen LogP contribution in [0.1, 0.15) is 52.9 Å². The van der Waals surface area contributed by atoms with Crippen LogP contribution >= 0.6 is 15.9 Å². The molecule has 3 saturated heterocycles. The van der Waals surface area contributed by atoms with E-state index in [0.717, 1.165) is 12.8 Å². The second-order valence-electron chi connectivity index (χ2n) is 10.7. The number of rotatable bonds is 15. The van der Waals surface area contributed by atoms with E-state index >= 15 is 0 Å². The lowest BCUT2D eigenvalue weighted by Crippen LogP contribution is -2.58. The molecular formula is C28H42BrN3O7. The van der Waals surface area contributed by atoms with Crippen LogP contribution in [0.2, 0.25) is 0 Å². The fourth-order valence-corrected chi connectivity index (χ4v) is 7.22. The van der Waals surface area contributed by atoms with Crippen molar-refractivity contribution in [3.05, 3.63) is 25.3 Å². The fraction of sp³-hybridized carbons (Fsp3) is 0.714. The van der Waals surface area contributed by atoms with Gasteiger partial charge in [0, 0.05) is 30.4 Å². The van der Waals surface area contributed by atoms with Gasteiger partial charge in [0.25, 0.3) is 0 Å². The van der Waals surface area contributed by atoms with E-state index in [-0.39, 0.29) is 42.4 Å². The van der Waals surface area contributed by atoms with Crippen molar-refractivity contribution in [3.63, 3.8) is 0 Å².